The van der Waals surface area contributed by atoms with Gasteiger partial charge in [0, 0.05) is 5.57 Å². The van der Waals surface area contributed by atoms with Crippen LogP contribution < -0.4 is 0 Å². The van der Waals surface area contributed by atoms with Crippen LogP contribution in [0, 0.1) is 5.82 Å². The van der Waals surface area contributed by atoms with Crippen molar-refractivity contribution in [2.24, 2.45) is 5.16 Å². The molecule has 2 bridgehead atoms. The van der Waals surface area contributed by atoms with E-state index in [1.807, 2.05) is 12.1 Å². The number of oxime groups is 1. The number of ether oxygens (including phenoxy) is 1. The quantitative estimate of drug-likeness (QED) is 0.621. The molecule has 0 saturated carbocycles. The minimum absolute atomic E-state index is 0.0950. The van der Waals surface area contributed by atoms with Gasteiger partial charge < -0.3 is 9.57 Å². The fourth-order valence-corrected chi connectivity index (χ4v) is 3.30. The summed E-state index contributed by atoms with van der Waals surface area (Å²) in [6.45, 7) is 2.06. The van der Waals surface area contributed by atoms with E-state index in [2.05, 4.69) is 12.1 Å². The third kappa shape index (κ3) is 2.72. The van der Waals surface area contributed by atoms with Gasteiger partial charge in [-0.25, -0.2) is 4.39 Å². The highest BCUT2D eigenvalue weighted by molar-refractivity contribution is 6.07. The molecule has 3 nitrogen and oxygen atoms in total. The second-order valence-corrected chi connectivity index (χ2v) is 5.50. The van der Waals surface area contributed by atoms with Gasteiger partial charge >= 0.3 is 0 Å². The zero-order valence-corrected chi connectivity index (χ0v) is 12.4. The standard InChI is InChI=1S/C17H20FNO2/c1-3-15(19-20-2)17-14(10-13-8-9-16(17)21-13)11-4-6-12(18)7-5-11/h4-7,13,16H,3,8-10H2,1-2H3. The van der Waals surface area contributed by atoms with Gasteiger partial charge in [0.2, 0.25) is 0 Å². The van der Waals surface area contributed by atoms with E-state index in [4.69, 9.17) is 9.57 Å². The monoisotopic (exact) mass is 289 g/mol. The highest BCUT2D eigenvalue weighted by Gasteiger charge is 2.37. The molecule has 0 N–H and O–H groups in total. The van der Waals surface area contributed by atoms with Crippen molar-refractivity contribution in [1.82, 2.24) is 0 Å². The molecule has 0 spiro atoms. The first-order chi connectivity index (χ1) is 10.2. The lowest BCUT2D eigenvalue weighted by Gasteiger charge is -2.28. The van der Waals surface area contributed by atoms with Crippen LogP contribution in [-0.4, -0.2) is 25.0 Å². The van der Waals surface area contributed by atoms with Crippen molar-refractivity contribution in [2.75, 3.05) is 7.11 Å². The fourth-order valence-electron chi connectivity index (χ4n) is 3.30. The van der Waals surface area contributed by atoms with E-state index < -0.39 is 0 Å². The molecule has 21 heavy (non-hydrogen) atoms. The SMILES string of the molecule is CCC(=NOC)C1=C(c2ccc(F)cc2)CC2CCC1O2. The Bertz CT molecular complexity index is 577. The first kappa shape index (κ1) is 14.3. The predicted molar refractivity (Wildman–Crippen MR) is 80.6 cm³/mol. The smallest absolute Gasteiger partial charge is 0.123 e. The van der Waals surface area contributed by atoms with Crippen LogP contribution in [0.3, 0.4) is 0 Å². The maximum atomic E-state index is 13.2. The molecule has 0 amide bonds. The van der Waals surface area contributed by atoms with Crippen LogP contribution >= 0.6 is 0 Å². The normalized spacial score (nSPS) is 25.4. The molecule has 0 aromatic heterocycles. The molecule has 2 aliphatic rings. The summed E-state index contributed by atoms with van der Waals surface area (Å²) in [5.41, 5.74) is 4.36. The summed E-state index contributed by atoms with van der Waals surface area (Å²) in [5.74, 6) is -0.211. The average molecular weight is 289 g/mol. The van der Waals surface area contributed by atoms with Crippen molar-refractivity contribution in [3.63, 3.8) is 0 Å². The van der Waals surface area contributed by atoms with Gasteiger partial charge in [-0.15, -0.1) is 0 Å². The third-order valence-electron chi connectivity index (χ3n) is 4.23. The summed E-state index contributed by atoms with van der Waals surface area (Å²) in [5, 5.41) is 4.18. The molecule has 4 heteroatoms. The van der Waals surface area contributed by atoms with E-state index in [0.717, 1.165) is 42.5 Å². The highest BCUT2D eigenvalue weighted by atomic mass is 19.1. The Balaban J connectivity index is 2.09. The molecule has 0 aliphatic carbocycles. The lowest BCUT2D eigenvalue weighted by atomic mass is 9.89. The summed E-state index contributed by atoms with van der Waals surface area (Å²) >= 11 is 0. The minimum atomic E-state index is -0.211. The number of nitrogens with zero attached hydrogens (tertiary/aromatic N) is 1. The van der Waals surface area contributed by atoms with Crippen LogP contribution in [-0.2, 0) is 9.57 Å². The first-order valence-corrected chi connectivity index (χ1v) is 7.47. The highest BCUT2D eigenvalue weighted by Crippen LogP contribution is 2.41. The number of fused-ring (bicyclic) bond motifs is 2. The van der Waals surface area contributed by atoms with Gasteiger partial charge in [0.05, 0.1) is 17.9 Å². The number of rotatable bonds is 4. The Morgan fingerprint density at radius 3 is 2.76 bits per heavy atom. The zero-order valence-electron chi connectivity index (χ0n) is 12.4. The van der Waals surface area contributed by atoms with E-state index in [0.29, 0.717) is 0 Å². The van der Waals surface area contributed by atoms with E-state index >= 15 is 0 Å². The molecular formula is C17H20FNO2. The van der Waals surface area contributed by atoms with Gasteiger partial charge in [-0.2, -0.15) is 0 Å². The summed E-state index contributed by atoms with van der Waals surface area (Å²) in [6.07, 6.45) is 4.12. The van der Waals surface area contributed by atoms with Gasteiger partial charge in [-0.05, 0) is 49.0 Å². The van der Waals surface area contributed by atoms with E-state index in [1.165, 1.54) is 17.7 Å². The van der Waals surface area contributed by atoms with Crippen molar-refractivity contribution < 1.29 is 14.0 Å². The molecule has 1 aromatic rings. The molecule has 2 atom stereocenters. The van der Waals surface area contributed by atoms with Gasteiger partial charge in [0.1, 0.15) is 12.9 Å². The van der Waals surface area contributed by atoms with Crippen molar-refractivity contribution in [3.05, 3.63) is 41.2 Å². The lowest BCUT2D eigenvalue weighted by Crippen LogP contribution is -2.26. The largest absolute Gasteiger partial charge is 0.399 e. The van der Waals surface area contributed by atoms with Crippen LogP contribution in [0.4, 0.5) is 4.39 Å². The molecule has 0 radical (unpaired) electrons. The minimum Gasteiger partial charge on any atom is -0.399 e. The Morgan fingerprint density at radius 1 is 1.33 bits per heavy atom. The fraction of sp³-hybridized carbons (Fsp3) is 0.471. The molecule has 1 saturated heterocycles. The van der Waals surface area contributed by atoms with Crippen LogP contribution in [0.5, 0.6) is 0 Å². The first-order valence-electron chi connectivity index (χ1n) is 7.47. The van der Waals surface area contributed by atoms with Crippen LogP contribution in [0.25, 0.3) is 5.57 Å². The Labute approximate surface area is 124 Å². The molecule has 112 valence electrons. The third-order valence-corrected chi connectivity index (χ3v) is 4.23. The molecule has 2 unspecified atom stereocenters. The molecule has 2 heterocycles. The van der Waals surface area contributed by atoms with Gasteiger partial charge in [0.15, 0.2) is 0 Å². The Hall–Kier alpha value is -1.68. The topological polar surface area (TPSA) is 30.8 Å². The lowest BCUT2D eigenvalue weighted by molar-refractivity contribution is 0.0628. The van der Waals surface area contributed by atoms with Crippen LogP contribution in [0.15, 0.2) is 35.0 Å². The van der Waals surface area contributed by atoms with Gasteiger partial charge in [-0.1, -0.05) is 24.2 Å². The van der Waals surface area contributed by atoms with Crippen LogP contribution in [0.2, 0.25) is 0 Å². The Kier molecular flexibility index (Phi) is 4.06. The molecule has 1 fully saturated rings. The number of halogens is 1. The Morgan fingerprint density at radius 2 is 2.10 bits per heavy atom. The second-order valence-electron chi connectivity index (χ2n) is 5.50. The van der Waals surface area contributed by atoms with Crippen molar-refractivity contribution in [1.29, 1.82) is 0 Å². The molecule has 2 aliphatic heterocycles. The van der Waals surface area contributed by atoms with Crippen molar-refractivity contribution >= 4 is 11.3 Å². The van der Waals surface area contributed by atoms with Gasteiger partial charge in [0.25, 0.3) is 0 Å². The molecular weight excluding hydrogens is 269 g/mol. The van der Waals surface area contributed by atoms with E-state index in [-0.39, 0.29) is 18.0 Å². The number of benzene rings is 1. The maximum absolute atomic E-state index is 13.2. The summed E-state index contributed by atoms with van der Waals surface area (Å²) in [4.78, 5) is 5.00. The number of hydrogen-bond donors (Lipinski definition) is 0. The molecule has 1 aromatic carbocycles. The van der Waals surface area contributed by atoms with E-state index in [1.54, 1.807) is 7.11 Å². The summed E-state index contributed by atoms with van der Waals surface area (Å²) in [6, 6.07) is 6.71. The summed E-state index contributed by atoms with van der Waals surface area (Å²) < 4.78 is 19.2. The van der Waals surface area contributed by atoms with E-state index in [9.17, 15) is 4.39 Å². The van der Waals surface area contributed by atoms with Gasteiger partial charge in [-0.3, -0.25) is 0 Å². The summed E-state index contributed by atoms with van der Waals surface area (Å²) in [7, 11) is 1.56. The van der Waals surface area contributed by atoms with Crippen LogP contribution in [0.1, 0.15) is 38.2 Å². The van der Waals surface area contributed by atoms with Crippen molar-refractivity contribution in [2.45, 2.75) is 44.8 Å². The molecule has 3 rings (SSSR count). The predicted octanol–water partition coefficient (Wildman–Crippen LogP) is 3.94. The zero-order chi connectivity index (χ0) is 14.8. The maximum Gasteiger partial charge on any atom is 0.123 e. The average Bonchev–Trinajstić information content (AvgIpc) is 2.88. The van der Waals surface area contributed by atoms with Crippen molar-refractivity contribution in [3.8, 4) is 0 Å². The number of hydrogen-bond acceptors (Lipinski definition) is 3. The second kappa shape index (κ2) is 5.98.